The smallest absolute Gasteiger partial charge is 0.171 e. The van der Waals surface area contributed by atoms with Crippen LogP contribution >= 0.6 is 0 Å². The zero-order valence-corrected chi connectivity index (χ0v) is 10.4. The van der Waals surface area contributed by atoms with Gasteiger partial charge in [0.25, 0.3) is 0 Å². The third-order valence-electron chi connectivity index (χ3n) is 3.55. The Labute approximate surface area is 108 Å². The zero-order valence-electron chi connectivity index (χ0n) is 10.4. The van der Waals surface area contributed by atoms with Crippen molar-refractivity contribution in [2.45, 2.75) is 31.3 Å². The van der Waals surface area contributed by atoms with Crippen LogP contribution in [-0.4, -0.2) is 48.5 Å². The number of anilines is 1. The molecule has 8 nitrogen and oxygen atoms in total. The second-order valence-electron chi connectivity index (χ2n) is 4.77. The molecule has 102 valence electrons. The van der Waals surface area contributed by atoms with E-state index in [2.05, 4.69) is 15.0 Å². The monoisotopic (exact) mass is 265 g/mol. The Morgan fingerprint density at radius 2 is 2.32 bits per heavy atom. The Morgan fingerprint density at radius 3 is 3.00 bits per heavy atom. The molecule has 1 saturated heterocycles. The number of ether oxygens (including phenoxy) is 1. The Bertz CT molecular complexity index is 615. The fraction of sp³-hybridized carbons (Fsp3) is 0.545. The van der Waals surface area contributed by atoms with Crippen LogP contribution in [0, 0.1) is 0 Å². The lowest BCUT2D eigenvalue weighted by Crippen LogP contribution is -2.39. The first kappa shape index (κ1) is 12.3. The van der Waals surface area contributed by atoms with Crippen LogP contribution < -0.4 is 5.73 Å². The van der Waals surface area contributed by atoms with Crippen LogP contribution in [0.4, 0.5) is 5.82 Å². The molecule has 1 aliphatic rings. The third-order valence-corrected chi connectivity index (χ3v) is 3.55. The van der Waals surface area contributed by atoms with Crippen molar-refractivity contribution in [3.63, 3.8) is 0 Å². The maximum absolute atomic E-state index is 10.2. The van der Waals surface area contributed by atoms with Crippen molar-refractivity contribution in [2.24, 2.45) is 0 Å². The molecule has 0 amide bonds. The number of rotatable bonds is 2. The number of nitrogen functional groups attached to an aromatic ring is 1. The number of aliphatic hydroxyl groups is 2. The van der Waals surface area contributed by atoms with Crippen LogP contribution in [0.15, 0.2) is 12.7 Å². The van der Waals surface area contributed by atoms with E-state index in [1.807, 2.05) is 0 Å². The number of nitrogens with two attached hydrogens (primary N) is 1. The second kappa shape index (κ2) is 4.12. The highest BCUT2D eigenvalue weighted by molar-refractivity contribution is 5.81. The number of aromatic nitrogens is 4. The van der Waals surface area contributed by atoms with Crippen molar-refractivity contribution in [3.05, 3.63) is 12.7 Å². The lowest BCUT2D eigenvalue weighted by molar-refractivity contribution is -0.132. The molecule has 2 aromatic heterocycles. The van der Waals surface area contributed by atoms with Gasteiger partial charge in [-0.15, -0.1) is 0 Å². The van der Waals surface area contributed by atoms with E-state index in [1.54, 1.807) is 11.5 Å². The summed E-state index contributed by atoms with van der Waals surface area (Å²) in [4.78, 5) is 12.2. The summed E-state index contributed by atoms with van der Waals surface area (Å²) < 4.78 is 7.35. The summed E-state index contributed by atoms with van der Waals surface area (Å²) in [6.07, 6.45) is 2.03. The Kier molecular flexibility index (Phi) is 2.66. The highest BCUT2D eigenvalue weighted by Crippen LogP contribution is 2.36. The molecule has 0 radical (unpaired) electrons. The molecule has 3 atom stereocenters. The lowest BCUT2D eigenvalue weighted by atomic mass is 10.1. The predicted octanol–water partition coefficient (Wildman–Crippen LogP) is -0.777. The van der Waals surface area contributed by atoms with E-state index in [9.17, 15) is 5.11 Å². The van der Waals surface area contributed by atoms with Crippen LogP contribution in [0.25, 0.3) is 11.2 Å². The average Bonchev–Trinajstić information content (AvgIpc) is 2.94. The predicted molar refractivity (Wildman–Crippen MR) is 66.0 cm³/mol. The van der Waals surface area contributed by atoms with Crippen molar-refractivity contribution in [3.8, 4) is 0 Å². The quantitative estimate of drug-likeness (QED) is 0.651. The van der Waals surface area contributed by atoms with Gasteiger partial charge < -0.3 is 20.7 Å². The minimum atomic E-state index is -1.02. The number of aliphatic hydroxyl groups excluding tert-OH is 2. The van der Waals surface area contributed by atoms with Gasteiger partial charge in [-0.1, -0.05) is 0 Å². The standard InChI is InChI=1S/C11H15N5O3/c1-11(7(18)2-6(3-17)19-11)16-5-15-8-9(12)13-4-14-10(8)16/h4-7,17-18H,2-3H2,1H3,(H2,12,13,14)/t6-,7+,11+/m0/s1. The van der Waals surface area contributed by atoms with Gasteiger partial charge in [-0.05, 0) is 6.92 Å². The zero-order chi connectivity index (χ0) is 13.6. The van der Waals surface area contributed by atoms with Crippen LogP contribution in [-0.2, 0) is 10.5 Å². The van der Waals surface area contributed by atoms with E-state index < -0.39 is 17.9 Å². The first-order valence-corrected chi connectivity index (χ1v) is 5.97. The highest BCUT2D eigenvalue weighted by atomic mass is 16.6. The Balaban J connectivity index is 2.12. The van der Waals surface area contributed by atoms with Crippen molar-refractivity contribution in [1.29, 1.82) is 0 Å². The normalized spacial score (nSPS) is 31.1. The molecule has 3 rings (SSSR count). The SMILES string of the molecule is C[C@@]1(n2cnc3c(N)ncnc32)O[C@H](CO)C[C@H]1O. The number of hydrogen-bond acceptors (Lipinski definition) is 7. The fourth-order valence-electron chi connectivity index (χ4n) is 2.44. The Hall–Kier alpha value is -1.77. The molecule has 0 saturated carbocycles. The van der Waals surface area contributed by atoms with Crippen LogP contribution in [0.3, 0.4) is 0 Å². The van der Waals surface area contributed by atoms with E-state index in [4.69, 9.17) is 15.6 Å². The molecule has 4 N–H and O–H groups in total. The van der Waals surface area contributed by atoms with Crippen molar-refractivity contribution < 1.29 is 14.9 Å². The first-order valence-electron chi connectivity index (χ1n) is 5.97. The van der Waals surface area contributed by atoms with Crippen LogP contribution in [0.2, 0.25) is 0 Å². The molecule has 19 heavy (non-hydrogen) atoms. The van der Waals surface area contributed by atoms with Gasteiger partial charge in [0, 0.05) is 6.42 Å². The van der Waals surface area contributed by atoms with Gasteiger partial charge in [-0.25, -0.2) is 15.0 Å². The van der Waals surface area contributed by atoms with Gasteiger partial charge in [-0.3, -0.25) is 4.57 Å². The minimum Gasteiger partial charge on any atom is -0.394 e. The molecule has 3 heterocycles. The molecular formula is C11H15N5O3. The van der Waals surface area contributed by atoms with Gasteiger partial charge in [0.15, 0.2) is 17.2 Å². The summed E-state index contributed by atoms with van der Waals surface area (Å²) in [5.41, 5.74) is 5.66. The molecule has 2 aromatic rings. The Morgan fingerprint density at radius 1 is 1.53 bits per heavy atom. The van der Waals surface area contributed by atoms with Crippen molar-refractivity contribution in [2.75, 3.05) is 12.3 Å². The summed E-state index contributed by atoms with van der Waals surface area (Å²) >= 11 is 0. The maximum atomic E-state index is 10.2. The molecule has 0 bridgehead atoms. The van der Waals surface area contributed by atoms with Crippen molar-refractivity contribution >= 4 is 17.0 Å². The molecule has 0 spiro atoms. The number of imidazole rings is 1. The fourth-order valence-corrected chi connectivity index (χ4v) is 2.44. The first-order chi connectivity index (χ1) is 9.06. The van der Waals surface area contributed by atoms with E-state index >= 15 is 0 Å². The summed E-state index contributed by atoms with van der Waals surface area (Å²) in [5.74, 6) is 0.276. The maximum Gasteiger partial charge on any atom is 0.171 e. The van der Waals surface area contributed by atoms with Gasteiger partial charge in [0.1, 0.15) is 17.9 Å². The van der Waals surface area contributed by atoms with Gasteiger partial charge in [0.2, 0.25) is 0 Å². The number of hydrogen-bond donors (Lipinski definition) is 3. The summed E-state index contributed by atoms with van der Waals surface area (Å²) in [5, 5.41) is 19.4. The highest BCUT2D eigenvalue weighted by Gasteiger charge is 2.46. The molecular weight excluding hydrogens is 250 g/mol. The van der Waals surface area contributed by atoms with Crippen LogP contribution in [0.1, 0.15) is 13.3 Å². The van der Waals surface area contributed by atoms with E-state index in [0.29, 0.717) is 17.6 Å². The van der Waals surface area contributed by atoms with Gasteiger partial charge >= 0.3 is 0 Å². The van der Waals surface area contributed by atoms with E-state index in [0.717, 1.165) is 0 Å². The van der Waals surface area contributed by atoms with Crippen LogP contribution in [0.5, 0.6) is 0 Å². The number of fused-ring (bicyclic) bond motifs is 1. The molecule has 0 unspecified atom stereocenters. The molecule has 1 fully saturated rings. The average molecular weight is 265 g/mol. The van der Waals surface area contributed by atoms with Crippen molar-refractivity contribution in [1.82, 2.24) is 19.5 Å². The lowest BCUT2D eigenvalue weighted by Gasteiger charge is -2.29. The van der Waals surface area contributed by atoms with E-state index in [-0.39, 0.29) is 12.4 Å². The second-order valence-corrected chi connectivity index (χ2v) is 4.77. The van der Waals surface area contributed by atoms with Gasteiger partial charge in [0.05, 0.1) is 19.0 Å². The summed E-state index contributed by atoms with van der Waals surface area (Å²) in [7, 11) is 0. The summed E-state index contributed by atoms with van der Waals surface area (Å²) in [6.45, 7) is 1.59. The summed E-state index contributed by atoms with van der Waals surface area (Å²) in [6, 6.07) is 0. The topological polar surface area (TPSA) is 119 Å². The molecule has 0 aliphatic carbocycles. The molecule has 1 aliphatic heterocycles. The largest absolute Gasteiger partial charge is 0.394 e. The molecule has 8 heteroatoms. The third kappa shape index (κ3) is 1.68. The number of nitrogens with zero attached hydrogens (tertiary/aromatic N) is 4. The molecule has 0 aromatic carbocycles. The minimum absolute atomic E-state index is 0.142. The van der Waals surface area contributed by atoms with E-state index in [1.165, 1.54) is 12.7 Å². The van der Waals surface area contributed by atoms with Gasteiger partial charge in [-0.2, -0.15) is 0 Å².